The van der Waals surface area contributed by atoms with Gasteiger partial charge in [-0.05, 0) is 42.2 Å². The van der Waals surface area contributed by atoms with E-state index in [0.29, 0.717) is 6.61 Å². The lowest BCUT2D eigenvalue weighted by Gasteiger charge is -2.08. The van der Waals surface area contributed by atoms with Gasteiger partial charge in [0.15, 0.2) is 5.82 Å². The number of hydrogen-bond acceptors (Lipinski definition) is 2. The van der Waals surface area contributed by atoms with Gasteiger partial charge >= 0.3 is 0 Å². The molecule has 0 amide bonds. The van der Waals surface area contributed by atoms with Crippen LogP contribution in [0.3, 0.4) is 0 Å². The van der Waals surface area contributed by atoms with Crippen molar-refractivity contribution >= 4 is 0 Å². The van der Waals surface area contributed by atoms with Gasteiger partial charge in [-0.2, -0.15) is 0 Å². The van der Waals surface area contributed by atoms with Gasteiger partial charge in [0.2, 0.25) is 0 Å². The molecule has 3 aromatic rings. The Kier molecular flexibility index (Phi) is 5.53. The van der Waals surface area contributed by atoms with E-state index in [1.165, 1.54) is 0 Å². The van der Waals surface area contributed by atoms with Crippen molar-refractivity contribution in [3.63, 3.8) is 0 Å². The first kappa shape index (κ1) is 16.9. The molecule has 0 saturated carbocycles. The Labute approximate surface area is 149 Å². The number of nitrogens with zero attached hydrogens (tertiary/aromatic N) is 2. The summed E-state index contributed by atoms with van der Waals surface area (Å²) in [6.07, 6.45) is 3.83. The highest BCUT2D eigenvalue weighted by Crippen LogP contribution is 2.23. The zero-order valence-electron chi connectivity index (χ0n) is 14.7. The molecule has 0 radical (unpaired) electrons. The third-order valence-corrected chi connectivity index (χ3v) is 3.96. The molecule has 0 aliphatic heterocycles. The minimum absolute atomic E-state index is 0.572. The molecule has 1 heterocycles. The van der Waals surface area contributed by atoms with E-state index >= 15 is 0 Å². The van der Waals surface area contributed by atoms with Crippen LogP contribution >= 0.6 is 0 Å². The lowest BCUT2D eigenvalue weighted by atomic mass is 10.1. The Morgan fingerprint density at radius 2 is 1.80 bits per heavy atom. The zero-order valence-corrected chi connectivity index (χ0v) is 14.7. The minimum atomic E-state index is 0.572. The molecule has 1 aromatic heterocycles. The molecule has 2 aromatic carbocycles. The van der Waals surface area contributed by atoms with E-state index < -0.39 is 0 Å². The maximum absolute atomic E-state index is 5.84. The van der Waals surface area contributed by atoms with E-state index in [2.05, 4.69) is 48.0 Å². The largest absolute Gasteiger partial charge is 0.489 e. The van der Waals surface area contributed by atoms with Crippen LogP contribution in [0.1, 0.15) is 31.2 Å². The smallest absolute Gasteiger partial charge is 0.185 e. The van der Waals surface area contributed by atoms with Gasteiger partial charge in [0, 0.05) is 19.0 Å². The fourth-order valence-corrected chi connectivity index (χ4v) is 2.52. The van der Waals surface area contributed by atoms with E-state index in [1.54, 1.807) is 0 Å². The van der Waals surface area contributed by atoms with Crippen LogP contribution in [-0.2, 0) is 13.7 Å². The molecule has 0 fully saturated rings. The first-order valence-electron chi connectivity index (χ1n) is 8.55. The van der Waals surface area contributed by atoms with Crippen molar-refractivity contribution in [2.24, 2.45) is 7.05 Å². The molecule has 0 saturated heterocycles. The molecule has 0 aliphatic carbocycles. The van der Waals surface area contributed by atoms with E-state index in [4.69, 9.17) is 4.74 Å². The van der Waals surface area contributed by atoms with Gasteiger partial charge in [-0.25, -0.2) is 4.98 Å². The van der Waals surface area contributed by atoms with Crippen LogP contribution in [0.5, 0.6) is 5.75 Å². The Morgan fingerprint density at radius 3 is 2.52 bits per heavy atom. The van der Waals surface area contributed by atoms with Crippen LogP contribution in [0, 0.1) is 11.8 Å². The van der Waals surface area contributed by atoms with Crippen LogP contribution < -0.4 is 4.74 Å². The highest BCUT2D eigenvalue weighted by atomic mass is 16.5. The third-order valence-electron chi connectivity index (χ3n) is 3.96. The highest BCUT2D eigenvalue weighted by Gasteiger charge is 2.07. The van der Waals surface area contributed by atoms with Crippen LogP contribution in [0.25, 0.3) is 11.3 Å². The monoisotopic (exact) mass is 330 g/mol. The second-order valence-electron chi connectivity index (χ2n) is 5.88. The molecule has 3 nitrogen and oxygen atoms in total. The van der Waals surface area contributed by atoms with Crippen molar-refractivity contribution in [1.29, 1.82) is 0 Å². The fourth-order valence-electron chi connectivity index (χ4n) is 2.52. The van der Waals surface area contributed by atoms with Crippen molar-refractivity contribution < 1.29 is 4.74 Å². The molecule has 3 rings (SSSR count). The number of ether oxygens (including phenoxy) is 1. The van der Waals surface area contributed by atoms with Gasteiger partial charge in [0.05, 0.1) is 11.9 Å². The number of rotatable bonds is 5. The van der Waals surface area contributed by atoms with Crippen LogP contribution in [0.2, 0.25) is 0 Å². The second-order valence-corrected chi connectivity index (χ2v) is 5.88. The van der Waals surface area contributed by atoms with Gasteiger partial charge in [-0.15, -0.1) is 0 Å². The molecule has 0 atom stereocenters. The minimum Gasteiger partial charge on any atom is -0.489 e. The summed E-state index contributed by atoms with van der Waals surface area (Å²) < 4.78 is 7.87. The van der Waals surface area contributed by atoms with E-state index in [1.807, 2.05) is 48.1 Å². The molecule has 0 aliphatic rings. The van der Waals surface area contributed by atoms with Crippen molar-refractivity contribution in [3.05, 3.63) is 72.2 Å². The third kappa shape index (κ3) is 4.30. The molecule has 0 unspecified atom stereocenters. The van der Waals surface area contributed by atoms with Gasteiger partial charge < -0.3 is 9.30 Å². The lowest BCUT2D eigenvalue weighted by Crippen LogP contribution is -1.97. The standard InChI is InChI=1S/C22H22N2O/c1-3-4-6-11-22-23-16-21(24(22)2)19-12-14-20(15-13-19)25-17-18-9-7-5-8-10-18/h5,7-10,12-16H,3-4,17H2,1-2H3. The Balaban J connectivity index is 1.69. The number of imidazole rings is 1. The summed E-state index contributed by atoms with van der Waals surface area (Å²) in [7, 11) is 2.00. The molecule has 0 N–H and O–H groups in total. The first-order valence-corrected chi connectivity index (χ1v) is 8.55. The van der Waals surface area contributed by atoms with Crippen LogP contribution in [-0.4, -0.2) is 9.55 Å². The number of benzene rings is 2. The zero-order chi connectivity index (χ0) is 17.5. The maximum atomic E-state index is 5.84. The Morgan fingerprint density at radius 1 is 1.04 bits per heavy atom. The van der Waals surface area contributed by atoms with Crippen molar-refractivity contribution in [1.82, 2.24) is 9.55 Å². The van der Waals surface area contributed by atoms with Crippen molar-refractivity contribution in [2.75, 3.05) is 0 Å². The molecule has 25 heavy (non-hydrogen) atoms. The molecule has 0 spiro atoms. The summed E-state index contributed by atoms with van der Waals surface area (Å²) in [4.78, 5) is 4.42. The maximum Gasteiger partial charge on any atom is 0.185 e. The van der Waals surface area contributed by atoms with Crippen molar-refractivity contribution in [3.8, 4) is 28.8 Å². The predicted molar refractivity (Wildman–Crippen MR) is 101 cm³/mol. The summed E-state index contributed by atoms with van der Waals surface area (Å²) in [6.45, 7) is 2.70. The van der Waals surface area contributed by atoms with Gasteiger partial charge in [-0.3, -0.25) is 0 Å². The number of aromatic nitrogens is 2. The molecular formula is C22H22N2O. The van der Waals surface area contributed by atoms with Gasteiger partial charge in [0.25, 0.3) is 0 Å². The SMILES string of the molecule is CCCC#Cc1ncc(-c2ccc(OCc3ccccc3)cc2)n1C. The number of hydrogen-bond donors (Lipinski definition) is 0. The molecule has 0 bridgehead atoms. The highest BCUT2D eigenvalue weighted by molar-refractivity contribution is 5.61. The van der Waals surface area contributed by atoms with Crippen LogP contribution in [0.15, 0.2) is 60.8 Å². The predicted octanol–water partition coefficient (Wildman–Crippen LogP) is 4.82. The first-order chi connectivity index (χ1) is 12.3. The van der Waals surface area contributed by atoms with E-state index in [9.17, 15) is 0 Å². The average Bonchev–Trinajstić information content (AvgIpc) is 3.02. The second kappa shape index (κ2) is 8.21. The Bertz CT molecular complexity index is 868. The van der Waals surface area contributed by atoms with Gasteiger partial charge in [-0.1, -0.05) is 43.2 Å². The average molecular weight is 330 g/mol. The summed E-state index contributed by atoms with van der Waals surface area (Å²) in [5, 5.41) is 0. The fraction of sp³-hybridized carbons (Fsp3) is 0.227. The quantitative estimate of drug-likeness (QED) is 0.627. The van der Waals surface area contributed by atoms with Crippen LogP contribution in [0.4, 0.5) is 0 Å². The summed E-state index contributed by atoms with van der Waals surface area (Å²) in [5.74, 6) is 7.93. The van der Waals surface area contributed by atoms with E-state index in [-0.39, 0.29) is 0 Å². The normalized spacial score (nSPS) is 10.2. The molecule has 3 heteroatoms. The molecular weight excluding hydrogens is 308 g/mol. The summed E-state index contributed by atoms with van der Waals surface area (Å²) >= 11 is 0. The lowest BCUT2D eigenvalue weighted by molar-refractivity contribution is 0.306. The van der Waals surface area contributed by atoms with E-state index in [0.717, 1.165) is 41.2 Å². The summed E-state index contributed by atoms with van der Waals surface area (Å²) in [5.41, 5.74) is 3.31. The van der Waals surface area contributed by atoms with Gasteiger partial charge in [0.1, 0.15) is 12.4 Å². The topological polar surface area (TPSA) is 27.1 Å². The van der Waals surface area contributed by atoms with Crippen molar-refractivity contribution in [2.45, 2.75) is 26.4 Å². The molecule has 126 valence electrons. The summed E-state index contributed by atoms with van der Waals surface area (Å²) in [6, 6.07) is 18.3. The number of unbranched alkanes of at least 4 members (excludes halogenated alkanes) is 1. The Hall–Kier alpha value is -2.99.